The maximum atomic E-state index is 12.6. The molecule has 0 aliphatic carbocycles. The summed E-state index contributed by atoms with van der Waals surface area (Å²) in [7, 11) is 1.52. The Balaban J connectivity index is 1.26. The van der Waals surface area contributed by atoms with Crippen molar-refractivity contribution < 1.29 is 60.2 Å². The van der Waals surface area contributed by atoms with Crippen molar-refractivity contribution in [1.82, 2.24) is 8.97 Å². The lowest BCUT2D eigenvalue weighted by Gasteiger charge is -2.14. The van der Waals surface area contributed by atoms with Gasteiger partial charge < -0.3 is 60.0 Å². The zero-order valence-electron chi connectivity index (χ0n) is 34.5. The highest BCUT2D eigenvalue weighted by atomic mass is 17.0. The van der Waals surface area contributed by atoms with Crippen molar-refractivity contribution >= 4 is 73.6 Å². The van der Waals surface area contributed by atoms with E-state index in [9.17, 15) is 51.1 Å². The monoisotopic (exact) mass is 866 g/mol. The zero-order chi connectivity index (χ0) is 45.5. The minimum absolute atomic E-state index is 0.00280. The fraction of sp³-hybridized carbons (Fsp3) is 0.0400. The van der Waals surface area contributed by atoms with Crippen LogP contribution in [0.3, 0.4) is 0 Å². The summed E-state index contributed by atoms with van der Waals surface area (Å²) < 4.78 is 14.3. The Labute approximate surface area is 366 Å². The van der Waals surface area contributed by atoms with E-state index < -0.39 is 68.7 Å². The van der Waals surface area contributed by atoms with E-state index in [0.717, 1.165) is 33.4 Å². The molecule has 0 aliphatic heterocycles. The number of fused-ring (bicyclic) bond motifs is 8. The van der Waals surface area contributed by atoms with Gasteiger partial charge in [-0.05, 0) is 88.6 Å². The van der Waals surface area contributed by atoms with Crippen LogP contribution in [0, 0.1) is 13.8 Å². The molecule has 0 bridgehead atoms. The largest absolute Gasteiger partial charge is 0.505 e. The summed E-state index contributed by atoms with van der Waals surface area (Å²) in [6, 6.07) is 33.6. The summed E-state index contributed by atoms with van der Waals surface area (Å²) in [4.78, 5) is 0. The van der Waals surface area contributed by atoms with E-state index in [-0.39, 0.29) is 65.7 Å². The smallest absolute Gasteiger partial charge is 0.248 e. The third-order valence-electron chi connectivity index (χ3n) is 12.7. The lowest BCUT2D eigenvalue weighted by atomic mass is 9.88. The number of nitrogens with zero attached hydrogens (tertiary/aromatic N) is 2. The quantitative estimate of drug-likeness (QED) is 0.0453. The van der Waals surface area contributed by atoms with Crippen LogP contribution in [0.2, 0.25) is 0 Å². The molecule has 15 heteroatoms. The van der Waals surface area contributed by atoms with E-state index in [1.54, 1.807) is 19.1 Å². The summed E-state index contributed by atoms with van der Waals surface area (Å²) in [6.45, 7) is 3.04. The van der Waals surface area contributed by atoms with Crippen molar-refractivity contribution in [2.45, 2.75) is 13.8 Å². The second kappa shape index (κ2) is 13.5. The number of phenolic OH excluding ortho intramolecular Hbond substituents is 10. The van der Waals surface area contributed by atoms with Crippen LogP contribution in [0.5, 0.6) is 57.5 Å². The molecule has 14 nitrogen and oxygen atoms in total. The molecule has 11 aromatic rings. The molecule has 0 unspecified atom stereocenters. The van der Waals surface area contributed by atoms with Gasteiger partial charge >= 0.3 is 0 Å². The maximum absolute atomic E-state index is 12.6. The first kappa shape index (κ1) is 38.9. The molecular formula is C50H35BN2O12. The van der Waals surface area contributed by atoms with Crippen molar-refractivity contribution in [1.29, 1.82) is 0 Å². The van der Waals surface area contributed by atoms with Crippen LogP contribution in [0.4, 0.5) is 0 Å². The molecule has 0 radical (unpaired) electrons. The van der Waals surface area contributed by atoms with Crippen molar-refractivity contribution in [3.8, 4) is 96.6 Å². The summed E-state index contributed by atoms with van der Waals surface area (Å²) in [5, 5.41) is 113. The summed E-state index contributed by atoms with van der Waals surface area (Å²) in [5.41, 5.74) is 5.30. The molecule has 3 heterocycles. The summed E-state index contributed by atoms with van der Waals surface area (Å²) >= 11 is 0. The Bertz CT molecular complexity index is 3850. The first-order chi connectivity index (χ1) is 31.2. The highest BCUT2D eigenvalue weighted by Crippen LogP contribution is 2.57. The molecule has 320 valence electrons. The predicted molar refractivity (Wildman–Crippen MR) is 248 cm³/mol. The molecule has 65 heavy (non-hydrogen) atoms. The number of phenols is 10. The van der Waals surface area contributed by atoms with Gasteiger partial charge in [-0.3, -0.25) is 9.15 Å². The normalized spacial score (nSPS) is 11.9. The highest BCUT2D eigenvalue weighted by Gasteiger charge is 2.34. The van der Waals surface area contributed by atoms with Crippen LogP contribution in [-0.4, -0.2) is 67.9 Å². The molecule has 3 aromatic heterocycles. The van der Waals surface area contributed by atoms with Gasteiger partial charge in [-0.15, -0.1) is 0 Å². The van der Waals surface area contributed by atoms with Gasteiger partial charge in [-0.2, -0.15) is 0 Å². The molecule has 0 saturated carbocycles. The first-order valence-corrected chi connectivity index (χ1v) is 20.3. The molecule has 0 saturated heterocycles. The van der Waals surface area contributed by atoms with Crippen LogP contribution in [0.1, 0.15) is 11.1 Å². The molecule has 0 spiro atoms. The molecule has 0 aliphatic rings. The zero-order valence-corrected chi connectivity index (χ0v) is 34.5. The number of hydrogen-bond donors (Lipinski definition) is 10. The Hall–Kier alpha value is -8.98. The number of rotatable bonds is 4. The predicted octanol–water partition coefficient (Wildman–Crippen LogP) is 9.18. The van der Waals surface area contributed by atoms with Gasteiger partial charge in [0.05, 0.1) is 21.8 Å². The van der Waals surface area contributed by atoms with E-state index in [0.29, 0.717) is 5.69 Å². The number of benzene rings is 8. The fourth-order valence-corrected chi connectivity index (χ4v) is 9.54. The van der Waals surface area contributed by atoms with Crippen molar-refractivity contribution in [3.63, 3.8) is 0 Å². The van der Waals surface area contributed by atoms with Gasteiger partial charge in [0.15, 0.2) is 34.5 Å². The van der Waals surface area contributed by atoms with Gasteiger partial charge in [-0.25, -0.2) is 0 Å². The van der Waals surface area contributed by atoms with Crippen LogP contribution in [0.25, 0.3) is 99.4 Å². The molecule has 0 amide bonds. The Morgan fingerprint density at radius 1 is 0.369 bits per heavy atom. The van der Waals surface area contributed by atoms with Crippen molar-refractivity contribution in [2.75, 3.05) is 0 Å². The van der Waals surface area contributed by atoms with E-state index in [1.165, 1.54) is 23.7 Å². The van der Waals surface area contributed by atoms with E-state index in [2.05, 4.69) is 18.2 Å². The first-order valence-electron chi connectivity index (χ1n) is 20.3. The Kier molecular flexibility index (Phi) is 8.09. The van der Waals surface area contributed by atoms with E-state index in [1.807, 2.05) is 72.8 Å². The number of aromatic nitrogens is 2. The third-order valence-corrected chi connectivity index (χ3v) is 12.7. The minimum atomic E-state index is -1.05. The summed E-state index contributed by atoms with van der Waals surface area (Å²) in [6.07, 6.45) is 0. The third kappa shape index (κ3) is 5.11. The van der Waals surface area contributed by atoms with Gasteiger partial charge in [-0.1, -0.05) is 72.8 Å². The van der Waals surface area contributed by atoms with Gasteiger partial charge in [0.1, 0.15) is 24.4 Å². The van der Waals surface area contributed by atoms with E-state index >= 15 is 0 Å². The van der Waals surface area contributed by atoms with Crippen LogP contribution < -0.4 is 5.46 Å². The molecular weight excluding hydrogens is 831 g/mol. The number of aryl methyl sites for hydroxylation is 2. The summed E-state index contributed by atoms with van der Waals surface area (Å²) in [5.74, 6) is -8.23. The second-order valence-corrected chi connectivity index (χ2v) is 16.2. The van der Waals surface area contributed by atoms with Gasteiger partial charge in [0.25, 0.3) is 0 Å². The molecule has 0 atom stereocenters. The highest BCUT2D eigenvalue weighted by molar-refractivity contribution is 6.45. The lowest BCUT2D eigenvalue weighted by Crippen LogP contribution is -2.06. The molecule has 8 aromatic carbocycles. The maximum Gasteiger partial charge on any atom is 0.248 e. The van der Waals surface area contributed by atoms with E-state index in [4.69, 9.17) is 9.15 Å². The second-order valence-electron chi connectivity index (χ2n) is 16.2. The molecule has 10 N–H and O–H groups in total. The SMILES string of the molecule is Bc1c(O)c(O)c(O)c2c1c1c(C)c3c(ooc4c(O)c(O)c(O)c5c6c(O)c(O)c(O)c(C)c6n3c45)c(O)c1n2-c1ccc(-c2cc(-c3ccccc3)cc(-c3ccccc3)c2)cc1. The van der Waals surface area contributed by atoms with Crippen LogP contribution in [-0.2, 0) is 0 Å². The Morgan fingerprint density at radius 2 is 0.831 bits per heavy atom. The number of hydrogen-bond acceptors (Lipinski definition) is 12. The topological polar surface area (TPSA) is 238 Å². The standard InChI is InChI=1S/C50H35BN2O12/c1-20-29-30-33(51)42(57)47(62)43(58)37(30)52(28-15-13-24(14-16-28)27-18-25(22-9-5-3-6-10-22)17-26(19-27)23-11-7-4-8-12-23)36(29)44(59)49-35(20)53-34-21(2)39(54)45(60)40(55)31(34)32-38(53)50(65-64-49)48(63)46(61)41(32)56/h3-19,54-63H,51H2,1-2H3. The van der Waals surface area contributed by atoms with Gasteiger partial charge in [0.2, 0.25) is 34.2 Å². The average molecular weight is 867 g/mol. The average Bonchev–Trinajstić information content (AvgIpc) is 3.82. The molecule has 0 fully saturated rings. The van der Waals surface area contributed by atoms with Crippen LogP contribution in [0.15, 0.2) is 112 Å². The fourth-order valence-electron chi connectivity index (χ4n) is 9.54. The Morgan fingerprint density at radius 3 is 1.38 bits per heavy atom. The van der Waals surface area contributed by atoms with Crippen molar-refractivity contribution in [3.05, 3.63) is 114 Å². The minimum Gasteiger partial charge on any atom is -0.505 e. The van der Waals surface area contributed by atoms with Gasteiger partial charge in [0, 0.05) is 22.0 Å². The lowest BCUT2D eigenvalue weighted by molar-refractivity contribution is 0.0877. The number of aromatic hydroxyl groups is 10. The van der Waals surface area contributed by atoms with Crippen molar-refractivity contribution in [2.24, 2.45) is 0 Å². The molecule has 11 rings (SSSR count). The van der Waals surface area contributed by atoms with Crippen LogP contribution >= 0.6 is 0 Å².